The number of fused-ring (bicyclic) bond motifs is 2. The Morgan fingerprint density at radius 3 is 1.92 bits per heavy atom. The number of rotatable bonds is 4. The van der Waals surface area contributed by atoms with Crippen LogP contribution in [-0.4, -0.2) is 8.75 Å². The first-order valence-corrected chi connectivity index (χ1v) is 13.7. The van der Waals surface area contributed by atoms with Gasteiger partial charge in [-0.2, -0.15) is 14.0 Å². The van der Waals surface area contributed by atoms with Crippen molar-refractivity contribution in [3.05, 3.63) is 112 Å². The summed E-state index contributed by atoms with van der Waals surface area (Å²) in [7, 11) is 0. The number of thioether (sulfide) groups is 2. The maximum atomic E-state index is 9.95. The van der Waals surface area contributed by atoms with E-state index in [0.29, 0.717) is 20.8 Å². The van der Waals surface area contributed by atoms with Crippen molar-refractivity contribution in [2.24, 2.45) is 0 Å². The molecular formula is C29H14N6S3. The van der Waals surface area contributed by atoms with Gasteiger partial charge in [-0.3, -0.25) is 0 Å². The van der Waals surface area contributed by atoms with E-state index in [1.807, 2.05) is 54.6 Å². The van der Waals surface area contributed by atoms with Crippen molar-refractivity contribution in [3.63, 3.8) is 0 Å². The monoisotopic (exact) mass is 542 g/mol. The fourth-order valence-corrected chi connectivity index (χ4v) is 7.50. The van der Waals surface area contributed by atoms with Crippen LogP contribution < -0.4 is 4.90 Å². The van der Waals surface area contributed by atoms with E-state index < -0.39 is 0 Å². The number of anilines is 3. The molecule has 9 heteroatoms. The third-order valence-corrected chi connectivity index (χ3v) is 9.12. The Hall–Kier alpha value is -4.59. The summed E-state index contributed by atoms with van der Waals surface area (Å²) in [5.41, 5.74) is 6.50. The first-order valence-electron chi connectivity index (χ1n) is 11.3. The minimum Gasteiger partial charge on any atom is -0.311 e. The van der Waals surface area contributed by atoms with Gasteiger partial charge in [-0.1, -0.05) is 72.1 Å². The lowest BCUT2D eigenvalue weighted by Crippen LogP contribution is -2.09. The van der Waals surface area contributed by atoms with Crippen LogP contribution in [0.3, 0.4) is 0 Å². The molecule has 1 aromatic heterocycles. The third-order valence-electron chi connectivity index (χ3n) is 5.98. The SMILES string of the molecule is [C-]#[N+]/C(C#N)=C1/Sc2c(c(-c3ccc(N(c4ccccc4)c4ccccc4)cc3)c3nsnc3c2C#N)S1. The van der Waals surface area contributed by atoms with E-state index in [2.05, 4.69) is 61.0 Å². The van der Waals surface area contributed by atoms with Gasteiger partial charge in [0, 0.05) is 32.4 Å². The van der Waals surface area contributed by atoms with Crippen LogP contribution in [0.25, 0.3) is 27.0 Å². The van der Waals surface area contributed by atoms with Gasteiger partial charge in [0.25, 0.3) is 5.70 Å². The van der Waals surface area contributed by atoms with Gasteiger partial charge in [-0.25, -0.2) is 10.1 Å². The molecule has 2 heterocycles. The van der Waals surface area contributed by atoms with E-state index in [0.717, 1.165) is 49.7 Å². The summed E-state index contributed by atoms with van der Waals surface area (Å²) in [6.07, 6.45) is 0. The lowest BCUT2D eigenvalue weighted by Gasteiger charge is -2.25. The Morgan fingerprint density at radius 2 is 1.34 bits per heavy atom. The third kappa shape index (κ3) is 3.98. The zero-order chi connectivity index (χ0) is 26.1. The average molecular weight is 543 g/mol. The maximum Gasteiger partial charge on any atom is 0.282 e. The fraction of sp³-hybridized carbons (Fsp3) is 0. The quantitative estimate of drug-likeness (QED) is 0.166. The Labute approximate surface area is 231 Å². The molecule has 4 aromatic carbocycles. The molecule has 0 N–H and O–H groups in total. The molecule has 178 valence electrons. The number of nitrogens with zero attached hydrogens (tertiary/aromatic N) is 6. The molecule has 0 saturated heterocycles. The molecule has 0 bridgehead atoms. The number of para-hydroxylation sites is 2. The number of benzene rings is 4. The van der Waals surface area contributed by atoms with Crippen LogP contribution in [0.15, 0.2) is 105 Å². The summed E-state index contributed by atoms with van der Waals surface area (Å²) in [6, 6.07) is 32.8. The number of hydrogen-bond donors (Lipinski definition) is 0. The lowest BCUT2D eigenvalue weighted by atomic mass is 10.0. The summed E-state index contributed by atoms with van der Waals surface area (Å²) >= 11 is 3.71. The summed E-state index contributed by atoms with van der Waals surface area (Å²) in [5.74, 6) is 0. The van der Waals surface area contributed by atoms with Gasteiger partial charge in [-0.15, -0.1) is 0 Å². The molecule has 0 unspecified atom stereocenters. The second kappa shape index (κ2) is 10.0. The molecule has 5 aromatic rings. The van der Waals surface area contributed by atoms with Crippen molar-refractivity contribution in [1.29, 1.82) is 10.5 Å². The largest absolute Gasteiger partial charge is 0.311 e. The molecule has 1 aliphatic rings. The van der Waals surface area contributed by atoms with Crippen LogP contribution in [0, 0.1) is 29.2 Å². The minimum atomic E-state index is 0.0196. The van der Waals surface area contributed by atoms with Crippen molar-refractivity contribution < 1.29 is 0 Å². The molecule has 0 radical (unpaired) electrons. The summed E-state index contributed by atoms with van der Waals surface area (Å²) in [4.78, 5) is 7.12. The van der Waals surface area contributed by atoms with Crippen molar-refractivity contribution in [2.45, 2.75) is 9.79 Å². The van der Waals surface area contributed by atoms with Crippen LogP contribution in [0.5, 0.6) is 0 Å². The molecule has 0 fully saturated rings. The second-order valence-electron chi connectivity index (χ2n) is 8.10. The minimum absolute atomic E-state index is 0.0196. The molecule has 38 heavy (non-hydrogen) atoms. The zero-order valence-electron chi connectivity index (χ0n) is 19.5. The molecule has 0 aliphatic carbocycles. The van der Waals surface area contributed by atoms with Crippen LogP contribution in [0.4, 0.5) is 17.1 Å². The normalized spacial score (nSPS) is 13.3. The van der Waals surface area contributed by atoms with Gasteiger partial charge in [0.15, 0.2) is 0 Å². The predicted octanol–water partition coefficient (Wildman–Crippen LogP) is 8.51. The molecule has 0 spiro atoms. The van der Waals surface area contributed by atoms with Crippen molar-refractivity contribution >= 4 is 63.3 Å². The summed E-state index contributed by atoms with van der Waals surface area (Å²) < 4.78 is 9.54. The van der Waals surface area contributed by atoms with Crippen LogP contribution in [0.2, 0.25) is 0 Å². The topological polar surface area (TPSA) is 81.0 Å². The van der Waals surface area contributed by atoms with Gasteiger partial charge in [0.2, 0.25) is 0 Å². The smallest absolute Gasteiger partial charge is 0.282 e. The standard InChI is InChI=1S/C29H14N6S3/c1-32-23(17-31)29-36-27-22(16-30)25-26(34-38-33-25)24(28(27)37-29)18-12-14-21(15-13-18)35(19-8-4-2-5-9-19)20-10-6-3-7-11-20/h2-15H/b29-23-. The van der Waals surface area contributed by atoms with Crippen molar-refractivity contribution in [2.75, 3.05) is 4.90 Å². The Balaban J connectivity index is 1.51. The Kier molecular flexibility index (Phi) is 6.29. The predicted molar refractivity (Wildman–Crippen MR) is 153 cm³/mol. The van der Waals surface area contributed by atoms with E-state index in [4.69, 9.17) is 6.57 Å². The Morgan fingerprint density at radius 1 is 0.763 bits per heavy atom. The molecular weight excluding hydrogens is 529 g/mol. The molecule has 0 amide bonds. The van der Waals surface area contributed by atoms with Crippen LogP contribution in [-0.2, 0) is 0 Å². The van der Waals surface area contributed by atoms with E-state index in [9.17, 15) is 10.5 Å². The van der Waals surface area contributed by atoms with Crippen molar-refractivity contribution in [3.8, 4) is 23.3 Å². The maximum absolute atomic E-state index is 9.95. The van der Waals surface area contributed by atoms with Gasteiger partial charge in [0.1, 0.15) is 17.1 Å². The van der Waals surface area contributed by atoms with Gasteiger partial charge in [0.05, 0.1) is 34.2 Å². The van der Waals surface area contributed by atoms with Crippen LogP contribution in [0.1, 0.15) is 5.56 Å². The number of aromatic nitrogens is 2. The highest BCUT2D eigenvalue weighted by atomic mass is 32.2. The molecule has 0 atom stereocenters. The molecule has 0 saturated carbocycles. The zero-order valence-corrected chi connectivity index (χ0v) is 21.9. The second-order valence-corrected chi connectivity index (χ2v) is 10.9. The van der Waals surface area contributed by atoms with E-state index in [-0.39, 0.29) is 5.70 Å². The molecule has 1 aliphatic heterocycles. The summed E-state index contributed by atoms with van der Waals surface area (Å²) in [5, 5.41) is 19.4. The lowest BCUT2D eigenvalue weighted by molar-refractivity contribution is 1.25. The van der Waals surface area contributed by atoms with E-state index in [1.54, 1.807) is 0 Å². The molecule has 6 nitrogen and oxygen atoms in total. The van der Waals surface area contributed by atoms with Gasteiger partial charge in [-0.05, 0) is 42.0 Å². The highest BCUT2D eigenvalue weighted by molar-refractivity contribution is 8.24. The number of hydrogen-bond acceptors (Lipinski definition) is 8. The number of allylic oxidation sites excluding steroid dienone is 1. The van der Waals surface area contributed by atoms with Gasteiger partial charge < -0.3 is 4.90 Å². The fourth-order valence-electron chi connectivity index (χ4n) is 4.32. The Bertz CT molecular complexity index is 1790. The van der Waals surface area contributed by atoms with Gasteiger partial charge >= 0.3 is 0 Å². The summed E-state index contributed by atoms with van der Waals surface area (Å²) in [6.45, 7) is 7.39. The first kappa shape index (κ1) is 23.8. The van der Waals surface area contributed by atoms with Crippen molar-refractivity contribution in [1.82, 2.24) is 8.75 Å². The van der Waals surface area contributed by atoms with E-state index >= 15 is 0 Å². The van der Waals surface area contributed by atoms with E-state index in [1.165, 1.54) is 23.5 Å². The highest BCUT2D eigenvalue weighted by Gasteiger charge is 2.31. The first-order chi connectivity index (χ1) is 18.7. The van der Waals surface area contributed by atoms with Crippen LogP contribution >= 0.6 is 35.3 Å². The average Bonchev–Trinajstić information content (AvgIpc) is 3.62. The highest BCUT2D eigenvalue weighted by Crippen LogP contribution is 2.58. The number of nitriles is 2. The molecule has 6 rings (SSSR count).